The van der Waals surface area contributed by atoms with Crippen LogP contribution in [-0.2, 0) is 15.0 Å². The van der Waals surface area contributed by atoms with E-state index < -0.39 is 0 Å². The molecule has 0 nitrogen and oxygen atoms in total. The molecule has 0 aromatic heterocycles. The van der Waals surface area contributed by atoms with Crippen LogP contribution in [-0.4, -0.2) is 0 Å². The van der Waals surface area contributed by atoms with Crippen molar-refractivity contribution in [2.45, 2.75) is 40.5 Å². The number of allylic oxidation sites excluding steroid dienone is 8. The van der Waals surface area contributed by atoms with Gasteiger partial charge >= 0.3 is 112 Å². The van der Waals surface area contributed by atoms with Gasteiger partial charge in [0.25, 0.3) is 0 Å². The number of rotatable bonds is 4. The normalized spacial score (nSPS) is 19.9. The summed E-state index contributed by atoms with van der Waals surface area (Å²) in [5, 5.41) is 0. The van der Waals surface area contributed by atoms with Crippen LogP contribution in [0, 0.1) is 11.8 Å². The van der Waals surface area contributed by atoms with E-state index in [1.165, 1.54) is 27.8 Å². The summed E-state index contributed by atoms with van der Waals surface area (Å²) in [7, 11) is 0. The molecule has 0 unspecified atom stereocenters. The van der Waals surface area contributed by atoms with Crippen LogP contribution < -0.4 is 0 Å². The van der Waals surface area contributed by atoms with Crippen LogP contribution in [0.25, 0.3) is 0 Å². The van der Waals surface area contributed by atoms with Crippen LogP contribution in [0.15, 0.2) is 44.4 Å². The second-order valence-electron chi connectivity index (χ2n) is 5.30. The maximum atomic E-state index is 2.33. The molecule has 0 atom stereocenters. The van der Waals surface area contributed by atoms with E-state index in [0.717, 1.165) is 0 Å². The number of hydrogen-bond acceptors (Lipinski definition) is 0. The molecule has 2 aliphatic rings. The van der Waals surface area contributed by atoms with Crippen molar-refractivity contribution in [2.75, 3.05) is 0 Å². The first-order chi connectivity index (χ1) is 8.09. The minimum absolute atomic E-state index is 0.668. The molecule has 0 saturated carbocycles. The Morgan fingerprint density at radius 3 is 1.59 bits per heavy atom. The third-order valence-corrected chi connectivity index (χ3v) is 5.00. The fraction of sp³-hybridized carbons (Fsp3) is 0.500. The molecule has 0 amide bonds. The van der Waals surface area contributed by atoms with Gasteiger partial charge in [-0.1, -0.05) is 0 Å². The van der Waals surface area contributed by atoms with Gasteiger partial charge in [0.05, 0.1) is 0 Å². The van der Waals surface area contributed by atoms with Gasteiger partial charge in [-0.3, -0.25) is 0 Å². The Morgan fingerprint density at radius 2 is 1.24 bits per heavy atom. The monoisotopic (exact) mass is 270 g/mol. The summed E-state index contributed by atoms with van der Waals surface area (Å²) in [5.74, 6) is 1.34. The molecule has 0 N–H and O–H groups in total. The van der Waals surface area contributed by atoms with Crippen molar-refractivity contribution in [1.29, 1.82) is 0 Å². The SMILES string of the molecule is CC(C)C1=[C]([Fe][C]2=C(C(C)C)C=CC2)CC=C1. The fourth-order valence-electron chi connectivity index (χ4n) is 2.29. The first-order valence-electron chi connectivity index (χ1n) is 6.51. The van der Waals surface area contributed by atoms with E-state index in [1.54, 1.807) is 20.1 Å². The van der Waals surface area contributed by atoms with Gasteiger partial charge in [0.1, 0.15) is 0 Å². The molecule has 17 heavy (non-hydrogen) atoms. The zero-order valence-corrected chi connectivity index (χ0v) is 12.3. The molecule has 0 saturated heterocycles. The Labute approximate surface area is 112 Å². The molecule has 0 aliphatic heterocycles. The average Bonchev–Trinajstić information content (AvgIpc) is 2.86. The van der Waals surface area contributed by atoms with Crippen molar-refractivity contribution in [1.82, 2.24) is 0 Å². The number of hydrogen-bond donors (Lipinski definition) is 0. The zero-order chi connectivity index (χ0) is 12.4. The summed E-state index contributed by atoms with van der Waals surface area (Å²) in [6, 6.07) is 0. The molecule has 1 heteroatoms. The predicted octanol–water partition coefficient (Wildman–Crippen LogP) is 4.81. The summed E-state index contributed by atoms with van der Waals surface area (Å²) >= 11 is 1.20. The van der Waals surface area contributed by atoms with Crippen LogP contribution in [0.2, 0.25) is 0 Å². The molecule has 0 radical (unpaired) electrons. The van der Waals surface area contributed by atoms with E-state index in [-0.39, 0.29) is 0 Å². The van der Waals surface area contributed by atoms with Gasteiger partial charge < -0.3 is 0 Å². The second-order valence-corrected chi connectivity index (χ2v) is 6.91. The van der Waals surface area contributed by atoms with Gasteiger partial charge in [-0.15, -0.1) is 0 Å². The Balaban J connectivity index is 2.18. The van der Waals surface area contributed by atoms with Gasteiger partial charge in [0, 0.05) is 0 Å². The van der Waals surface area contributed by atoms with Crippen LogP contribution >= 0.6 is 0 Å². The van der Waals surface area contributed by atoms with E-state index >= 15 is 0 Å². The van der Waals surface area contributed by atoms with Crippen LogP contribution in [0.3, 0.4) is 0 Å². The zero-order valence-electron chi connectivity index (χ0n) is 11.2. The molecule has 0 heterocycles. The Kier molecular flexibility index (Phi) is 4.12. The van der Waals surface area contributed by atoms with Gasteiger partial charge in [-0.05, 0) is 0 Å². The molecular formula is C16H22Fe. The summed E-state index contributed by atoms with van der Waals surface area (Å²) in [5.41, 5.74) is 3.15. The Bertz CT molecular complexity index is 377. The first-order valence-corrected chi connectivity index (χ1v) is 7.61. The molecule has 0 bridgehead atoms. The van der Waals surface area contributed by atoms with Crippen molar-refractivity contribution in [3.8, 4) is 0 Å². The van der Waals surface area contributed by atoms with E-state index in [4.69, 9.17) is 0 Å². The standard InChI is InChI=1S/2C8H11.Fe/c2*1-7(2)8-5-3-4-6-8;/h2*3,5,7H,4H2,1-2H3;. The Morgan fingerprint density at radius 1 is 0.824 bits per heavy atom. The van der Waals surface area contributed by atoms with Gasteiger partial charge in [0.15, 0.2) is 0 Å². The van der Waals surface area contributed by atoms with E-state index in [0.29, 0.717) is 11.8 Å². The van der Waals surface area contributed by atoms with Crippen molar-refractivity contribution in [2.24, 2.45) is 11.8 Å². The summed E-state index contributed by atoms with van der Waals surface area (Å²) in [4.78, 5) is 0. The summed E-state index contributed by atoms with van der Waals surface area (Å²) < 4.78 is 3.30. The molecule has 0 fully saturated rings. The predicted molar refractivity (Wildman–Crippen MR) is 71.2 cm³/mol. The molecule has 0 spiro atoms. The Hall–Kier alpha value is -0.521. The van der Waals surface area contributed by atoms with Crippen molar-refractivity contribution < 1.29 is 15.0 Å². The third kappa shape index (κ3) is 2.84. The van der Waals surface area contributed by atoms with Crippen molar-refractivity contribution >= 4 is 0 Å². The van der Waals surface area contributed by atoms with Crippen molar-refractivity contribution in [3.05, 3.63) is 44.4 Å². The van der Waals surface area contributed by atoms with Gasteiger partial charge in [0.2, 0.25) is 0 Å². The molecule has 94 valence electrons. The molecule has 0 aromatic rings. The van der Waals surface area contributed by atoms with Crippen LogP contribution in [0.4, 0.5) is 0 Å². The first kappa shape index (κ1) is 12.9. The van der Waals surface area contributed by atoms with Gasteiger partial charge in [-0.2, -0.15) is 0 Å². The van der Waals surface area contributed by atoms with E-state index in [2.05, 4.69) is 52.0 Å². The topological polar surface area (TPSA) is 0 Å². The fourth-order valence-corrected chi connectivity index (χ4v) is 4.31. The molecular weight excluding hydrogens is 248 g/mol. The maximum absolute atomic E-state index is 2.33. The van der Waals surface area contributed by atoms with Crippen LogP contribution in [0.1, 0.15) is 40.5 Å². The quantitative estimate of drug-likeness (QED) is 0.643. The molecule has 2 aliphatic carbocycles. The second kappa shape index (κ2) is 5.42. The van der Waals surface area contributed by atoms with Crippen molar-refractivity contribution in [3.63, 3.8) is 0 Å². The summed E-state index contributed by atoms with van der Waals surface area (Å²) in [6.45, 7) is 9.20. The average molecular weight is 270 g/mol. The summed E-state index contributed by atoms with van der Waals surface area (Å²) in [6.07, 6.45) is 11.6. The van der Waals surface area contributed by atoms with Gasteiger partial charge in [-0.25, -0.2) is 0 Å². The molecule has 0 aromatic carbocycles. The van der Waals surface area contributed by atoms with E-state index in [9.17, 15) is 0 Å². The van der Waals surface area contributed by atoms with Crippen LogP contribution in [0.5, 0.6) is 0 Å². The minimum atomic E-state index is 0.668. The molecule has 2 rings (SSSR count). The third-order valence-electron chi connectivity index (χ3n) is 3.25. The van der Waals surface area contributed by atoms with E-state index in [1.807, 2.05) is 0 Å².